The van der Waals surface area contributed by atoms with Gasteiger partial charge in [0, 0.05) is 32.0 Å². The van der Waals surface area contributed by atoms with Crippen LogP contribution in [-0.4, -0.2) is 77.5 Å². The lowest BCUT2D eigenvalue weighted by Crippen LogP contribution is -2.42. The number of ether oxygens (including phenoxy) is 1. The van der Waals surface area contributed by atoms with Crippen LogP contribution in [0.15, 0.2) is 12.4 Å². The topological polar surface area (TPSA) is 109 Å². The minimum Gasteiger partial charge on any atom is -0.380 e. The summed E-state index contributed by atoms with van der Waals surface area (Å²) in [5.41, 5.74) is 0.337. The fourth-order valence-electron chi connectivity index (χ4n) is 3.00. The summed E-state index contributed by atoms with van der Waals surface area (Å²) in [6.45, 7) is 4.60. The molecule has 1 aliphatic rings. The van der Waals surface area contributed by atoms with Gasteiger partial charge in [0.25, 0.3) is 0 Å². The molecule has 3 rings (SSSR count). The number of likely N-dealkylation sites (N-methyl/N-ethyl adjacent to an activating group) is 1. The summed E-state index contributed by atoms with van der Waals surface area (Å²) in [6.07, 6.45) is -1.65. The van der Waals surface area contributed by atoms with Crippen LogP contribution in [0, 0.1) is 12.8 Å². The summed E-state index contributed by atoms with van der Waals surface area (Å²) < 4.78 is 47.0. The smallest absolute Gasteiger partial charge is 0.380 e. The highest BCUT2D eigenvalue weighted by Crippen LogP contribution is 2.34. The van der Waals surface area contributed by atoms with Gasteiger partial charge < -0.3 is 25.6 Å². The van der Waals surface area contributed by atoms with E-state index >= 15 is 0 Å². The molecule has 33 heavy (non-hydrogen) atoms. The van der Waals surface area contributed by atoms with Crippen molar-refractivity contribution in [1.82, 2.24) is 30.0 Å². The highest BCUT2D eigenvalue weighted by Gasteiger charge is 2.35. The average molecular weight is 471 g/mol. The molecule has 0 saturated carbocycles. The molecule has 3 N–H and O–H groups in total. The van der Waals surface area contributed by atoms with Crippen LogP contribution in [0.1, 0.15) is 17.7 Å². The molecule has 3 heterocycles. The van der Waals surface area contributed by atoms with E-state index in [1.807, 2.05) is 19.0 Å². The zero-order valence-electron chi connectivity index (χ0n) is 18.9. The average Bonchev–Trinajstić information content (AvgIpc) is 3.03. The van der Waals surface area contributed by atoms with Gasteiger partial charge in [-0.3, -0.25) is 9.48 Å². The number of carbonyl (C=O) groups excluding carboxylic acids is 1. The van der Waals surface area contributed by atoms with Crippen LogP contribution in [0.25, 0.3) is 0 Å². The van der Waals surface area contributed by atoms with E-state index in [1.54, 1.807) is 17.8 Å². The summed E-state index contributed by atoms with van der Waals surface area (Å²) in [4.78, 5) is 21.7. The first-order valence-corrected chi connectivity index (χ1v) is 10.6. The minimum atomic E-state index is -4.60. The minimum absolute atomic E-state index is 0.0269. The van der Waals surface area contributed by atoms with Crippen molar-refractivity contribution in [3.8, 4) is 0 Å². The highest BCUT2D eigenvalue weighted by atomic mass is 19.4. The van der Waals surface area contributed by atoms with E-state index < -0.39 is 11.7 Å². The second-order valence-electron chi connectivity index (χ2n) is 8.08. The first-order valence-electron chi connectivity index (χ1n) is 10.6. The van der Waals surface area contributed by atoms with E-state index in [1.165, 1.54) is 0 Å². The van der Waals surface area contributed by atoms with E-state index in [0.717, 1.165) is 12.7 Å². The van der Waals surface area contributed by atoms with Gasteiger partial charge in [-0.1, -0.05) is 0 Å². The molecular formula is C20H29F3N8O2. The molecule has 0 radical (unpaired) electrons. The standard InChI is InChI=1S/C20H29F3N8O2/c1-13-16(10-31(29-13)8-7-30(2)3)27-19-26-9-15(20(21,22)23)17(28-19)24-5-4-6-25-18(32)14-11-33-12-14/h9-10,14H,4-8,11-12H2,1-3H3,(H,25,32)(H2,24,26,27,28). The van der Waals surface area contributed by atoms with Crippen molar-refractivity contribution in [2.24, 2.45) is 5.92 Å². The molecule has 182 valence electrons. The summed E-state index contributed by atoms with van der Waals surface area (Å²) in [7, 11) is 3.91. The van der Waals surface area contributed by atoms with Crippen LogP contribution in [0.3, 0.4) is 0 Å². The van der Waals surface area contributed by atoms with E-state index in [-0.39, 0.29) is 30.1 Å². The summed E-state index contributed by atoms with van der Waals surface area (Å²) in [6, 6.07) is 0. The molecule has 13 heteroatoms. The van der Waals surface area contributed by atoms with Crippen molar-refractivity contribution >= 4 is 23.4 Å². The van der Waals surface area contributed by atoms with Gasteiger partial charge in [0.2, 0.25) is 11.9 Å². The lowest BCUT2D eigenvalue weighted by molar-refractivity contribution is -0.139. The number of carbonyl (C=O) groups is 1. The van der Waals surface area contributed by atoms with Gasteiger partial charge in [-0.15, -0.1) is 0 Å². The Morgan fingerprint density at radius 2 is 2.06 bits per heavy atom. The quantitative estimate of drug-likeness (QED) is 0.427. The van der Waals surface area contributed by atoms with Gasteiger partial charge in [0.1, 0.15) is 11.4 Å². The third kappa shape index (κ3) is 7.02. The van der Waals surface area contributed by atoms with Gasteiger partial charge in [-0.05, 0) is 27.4 Å². The molecule has 1 amide bonds. The number of aryl methyl sites for hydroxylation is 1. The Kier molecular flexibility index (Phi) is 8.08. The van der Waals surface area contributed by atoms with Gasteiger partial charge in [0.05, 0.1) is 37.1 Å². The molecule has 0 spiro atoms. The third-order valence-corrected chi connectivity index (χ3v) is 5.02. The Balaban J connectivity index is 1.61. The first kappa shape index (κ1) is 24.7. The van der Waals surface area contributed by atoms with Crippen LogP contribution in [0.2, 0.25) is 0 Å². The second kappa shape index (κ2) is 10.8. The van der Waals surface area contributed by atoms with E-state index in [9.17, 15) is 18.0 Å². The van der Waals surface area contributed by atoms with Crippen LogP contribution < -0.4 is 16.0 Å². The molecule has 1 aliphatic heterocycles. The van der Waals surface area contributed by atoms with Crippen molar-refractivity contribution in [3.05, 3.63) is 23.7 Å². The molecule has 0 aromatic carbocycles. The van der Waals surface area contributed by atoms with Crippen molar-refractivity contribution in [2.75, 3.05) is 57.6 Å². The number of alkyl halides is 3. The number of halogens is 3. The number of hydrogen-bond acceptors (Lipinski definition) is 8. The second-order valence-corrected chi connectivity index (χ2v) is 8.08. The van der Waals surface area contributed by atoms with Gasteiger partial charge >= 0.3 is 6.18 Å². The predicted molar refractivity (Wildman–Crippen MR) is 116 cm³/mol. The van der Waals surface area contributed by atoms with Crippen molar-refractivity contribution in [3.63, 3.8) is 0 Å². The lowest BCUT2D eigenvalue weighted by atomic mass is 10.1. The lowest BCUT2D eigenvalue weighted by Gasteiger charge is -2.24. The number of amides is 1. The molecule has 0 bridgehead atoms. The number of aromatic nitrogens is 4. The monoisotopic (exact) mass is 470 g/mol. The number of nitrogens with one attached hydrogen (secondary N) is 3. The number of hydrogen-bond donors (Lipinski definition) is 3. The SMILES string of the molecule is Cc1nn(CCN(C)C)cc1Nc1ncc(C(F)(F)F)c(NCCCNC(=O)C2COC2)n1. The molecule has 2 aromatic rings. The fraction of sp³-hybridized carbons (Fsp3) is 0.600. The maximum atomic E-state index is 13.4. The van der Waals surface area contributed by atoms with Crippen LogP contribution in [0.5, 0.6) is 0 Å². The van der Waals surface area contributed by atoms with Crippen LogP contribution >= 0.6 is 0 Å². The van der Waals surface area contributed by atoms with Crippen LogP contribution in [0.4, 0.5) is 30.6 Å². The van der Waals surface area contributed by atoms with Crippen LogP contribution in [-0.2, 0) is 22.3 Å². The summed E-state index contributed by atoms with van der Waals surface area (Å²) in [5.74, 6) is -0.538. The molecule has 0 atom stereocenters. The van der Waals surface area contributed by atoms with Crippen molar-refractivity contribution < 1.29 is 22.7 Å². The Labute approximate surface area is 189 Å². The zero-order chi connectivity index (χ0) is 24.0. The maximum Gasteiger partial charge on any atom is 0.421 e. The van der Waals surface area contributed by atoms with E-state index in [2.05, 4.69) is 31.0 Å². The van der Waals surface area contributed by atoms with Crippen molar-refractivity contribution in [1.29, 1.82) is 0 Å². The third-order valence-electron chi connectivity index (χ3n) is 5.02. The zero-order valence-corrected chi connectivity index (χ0v) is 18.9. The Hall–Kier alpha value is -2.93. The number of nitrogens with zero attached hydrogens (tertiary/aromatic N) is 5. The fourth-order valence-corrected chi connectivity index (χ4v) is 3.00. The summed E-state index contributed by atoms with van der Waals surface area (Å²) >= 11 is 0. The van der Waals surface area contributed by atoms with Gasteiger partial charge in [0.15, 0.2) is 0 Å². The Morgan fingerprint density at radius 3 is 2.70 bits per heavy atom. The molecule has 1 fully saturated rings. The largest absolute Gasteiger partial charge is 0.421 e. The number of anilines is 3. The molecule has 0 unspecified atom stereocenters. The molecule has 0 aliphatic carbocycles. The van der Waals surface area contributed by atoms with E-state index in [4.69, 9.17) is 4.74 Å². The first-order chi connectivity index (χ1) is 15.6. The predicted octanol–water partition coefficient (Wildman–Crippen LogP) is 1.87. The van der Waals surface area contributed by atoms with Crippen molar-refractivity contribution in [2.45, 2.75) is 26.1 Å². The normalized spacial score (nSPS) is 14.3. The van der Waals surface area contributed by atoms with Gasteiger partial charge in [-0.25, -0.2) is 4.98 Å². The Morgan fingerprint density at radius 1 is 1.30 bits per heavy atom. The Bertz CT molecular complexity index is 944. The molecule has 2 aromatic heterocycles. The molecule has 10 nitrogen and oxygen atoms in total. The molecular weight excluding hydrogens is 441 g/mol. The molecule has 1 saturated heterocycles. The van der Waals surface area contributed by atoms with E-state index in [0.29, 0.717) is 44.1 Å². The maximum absolute atomic E-state index is 13.4. The van der Waals surface area contributed by atoms with Gasteiger partial charge in [-0.2, -0.15) is 23.3 Å². The summed E-state index contributed by atoms with van der Waals surface area (Å²) in [5, 5.41) is 12.8. The highest BCUT2D eigenvalue weighted by molar-refractivity contribution is 5.79. The number of rotatable bonds is 11.